The molecule has 1 aromatic carbocycles. The largest absolute Gasteiger partial charge is 0.489 e. The van der Waals surface area contributed by atoms with Crippen LogP contribution in [0.4, 0.5) is 5.69 Å². The third-order valence-corrected chi connectivity index (χ3v) is 4.11. The summed E-state index contributed by atoms with van der Waals surface area (Å²) >= 11 is 6.02. The number of carbonyl (C=O) groups excluding carboxylic acids is 1. The van der Waals surface area contributed by atoms with E-state index in [4.69, 9.17) is 26.2 Å². The smallest absolute Gasteiger partial charge is 0.354 e. The number of nitrogens with one attached hydrogen (secondary N) is 1. The fraction of sp³-hybridized carbons (Fsp3) is 0.278. The van der Waals surface area contributed by atoms with E-state index in [1.165, 1.54) is 18.3 Å². The summed E-state index contributed by atoms with van der Waals surface area (Å²) in [6.07, 6.45) is 3.24. The molecule has 7 nitrogen and oxygen atoms in total. The Morgan fingerprint density at radius 1 is 1.35 bits per heavy atom. The van der Waals surface area contributed by atoms with Gasteiger partial charge in [0, 0.05) is 23.4 Å². The molecule has 1 aromatic heterocycles. The number of anilines is 1. The summed E-state index contributed by atoms with van der Waals surface area (Å²) in [4.78, 5) is 27.2. The zero-order valence-corrected chi connectivity index (χ0v) is 14.5. The minimum atomic E-state index is -1.21. The number of hydrogen-bond acceptors (Lipinski definition) is 5. The summed E-state index contributed by atoms with van der Waals surface area (Å²) in [5, 5.41) is 12.1. The second kappa shape index (κ2) is 8.16. The number of halogens is 1. The number of benzene rings is 1. The third-order valence-electron chi connectivity index (χ3n) is 3.88. The van der Waals surface area contributed by atoms with E-state index >= 15 is 0 Å². The Labute approximate surface area is 154 Å². The van der Waals surface area contributed by atoms with Crippen LogP contribution >= 0.6 is 11.6 Å². The van der Waals surface area contributed by atoms with Gasteiger partial charge in [-0.3, -0.25) is 4.79 Å². The van der Waals surface area contributed by atoms with Crippen LogP contribution in [0.3, 0.4) is 0 Å². The van der Waals surface area contributed by atoms with Crippen LogP contribution in [0.2, 0.25) is 5.02 Å². The van der Waals surface area contributed by atoms with Crippen molar-refractivity contribution in [2.24, 2.45) is 0 Å². The lowest BCUT2D eigenvalue weighted by Crippen LogP contribution is -2.18. The molecule has 1 atom stereocenters. The number of carboxylic acid groups (broad SMARTS) is 1. The Hall–Kier alpha value is -2.64. The van der Waals surface area contributed by atoms with Gasteiger partial charge in [-0.05, 0) is 43.2 Å². The molecular formula is C18H17ClN2O5. The summed E-state index contributed by atoms with van der Waals surface area (Å²) in [6, 6.07) is 7.54. The fourth-order valence-corrected chi connectivity index (χ4v) is 2.74. The Balaban J connectivity index is 1.75. The number of amides is 1. The van der Waals surface area contributed by atoms with Crippen molar-refractivity contribution in [2.75, 3.05) is 18.5 Å². The SMILES string of the molecule is O=C(Nc1cc(Cl)ccc1OCC1CCCO1)c1ccnc(C(=O)O)c1. The molecule has 1 fully saturated rings. The highest BCUT2D eigenvalue weighted by atomic mass is 35.5. The quantitative estimate of drug-likeness (QED) is 0.803. The summed E-state index contributed by atoms with van der Waals surface area (Å²) in [5.74, 6) is -1.23. The normalized spacial score (nSPS) is 16.3. The number of aromatic nitrogens is 1. The van der Waals surface area contributed by atoms with Crippen LogP contribution in [0, 0.1) is 0 Å². The van der Waals surface area contributed by atoms with Gasteiger partial charge in [-0.15, -0.1) is 0 Å². The zero-order chi connectivity index (χ0) is 18.5. The highest BCUT2D eigenvalue weighted by Gasteiger charge is 2.18. The topological polar surface area (TPSA) is 97.8 Å². The van der Waals surface area contributed by atoms with E-state index in [1.807, 2.05) is 0 Å². The first-order valence-electron chi connectivity index (χ1n) is 8.07. The maximum Gasteiger partial charge on any atom is 0.354 e. The van der Waals surface area contributed by atoms with Gasteiger partial charge in [-0.1, -0.05) is 11.6 Å². The van der Waals surface area contributed by atoms with Gasteiger partial charge in [0.05, 0.1) is 11.8 Å². The number of pyridine rings is 1. The standard InChI is InChI=1S/C18H17ClN2O5/c19-12-3-4-16(26-10-13-2-1-7-25-13)14(9-12)21-17(22)11-5-6-20-15(8-11)18(23)24/h3-6,8-9,13H,1-2,7,10H2,(H,21,22)(H,23,24). The molecule has 3 rings (SSSR count). The average molecular weight is 377 g/mol. The minimum Gasteiger partial charge on any atom is -0.489 e. The van der Waals surface area contributed by atoms with Crippen LogP contribution < -0.4 is 10.1 Å². The Bertz CT molecular complexity index is 821. The lowest BCUT2D eigenvalue weighted by atomic mass is 10.2. The van der Waals surface area contributed by atoms with Gasteiger partial charge >= 0.3 is 5.97 Å². The first kappa shape index (κ1) is 18.2. The van der Waals surface area contributed by atoms with Crippen molar-refractivity contribution in [1.82, 2.24) is 4.98 Å². The van der Waals surface area contributed by atoms with E-state index in [2.05, 4.69) is 10.3 Å². The molecule has 0 spiro atoms. The predicted octanol–water partition coefficient (Wildman–Crippen LogP) is 3.24. The molecule has 2 N–H and O–H groups in total. The van der Waals surface area contributed by atoms with E-state index in [1.54, 1.807) is 18.2 Å². The first-order valence-corrected chi connectivity index (χ1v) is 8.45. The molecule has 26 heavy (non-hydrogen) atoms. The molecule has 136 valence electrons. The lowest BCUT2D eigenvalue weighted by Gasteiger charge is -2.15. The zero-order valence-electron chi connectivity index (χ0n) is 13.8. The van der Waals surface area contributed by atoms with Crippen LogP contribution in [0.25, 0.3) is 0 Å². The second-order valence-corrected chi connectivity index (χ2v) is 6.21. The maximum absolute atomic E-state index is 12.5. The molecule has 2 aromatic rings. The van der Waals surface area contributed by atoms with Crippen LogP contribution in [-0.4, -0.2) is 41.3 Å². The summed E-state index contributed by atoms with van der Waals surface area (Å²) in [7, 11) is 0. The third kappa shape index (κ3) is 4.50. The monoisotopic (exact) mass is 376 g/mol. The lowest BCUT2D eigenvalue weighted by molar-refractivity contribution is 0.0681. The van der Waals surface area contributed by atoms with Gasteiger partial charge in [0.15, 0.2) is 0 Å². The summed E-state index contributed by atoms with van der Waals surface area (Å²) in [5.41, 5.74) is 0.357. The molecule has 8 heteroatoms. The van der Waals surface area contributed by atoms with Crippen molar-refractivity contribution in [3.8, 4) is 5.75 Å². The van der Waals surface area contributed by atoms with Gasteiger partial charge in [0.1, 0.15) is 18.1 Å². The second-order valence-electron chi connectivity index (χ2n) is 5.78. The number of carboxylic acids is 1. The van der Waals surface area contributed by atoms with Crippen LogP contribution in [0.1, 0.15) is 33.7 Å². The van der Waals surface area contributed by atoms with Gasteiger partial charge in [0.25, 0.3) is 5.91 Å². The van der Waals surface area contributed by atoms with E-state index in [-0.39, 0.29) is 17.4 Å². The molecule has 0 bridgehead atoms. The summed E-state index contributed by atoms with van der Waals surface area (Å²) in [6.45, 7) is 1.11. The molecule has 1 aliphatic rings. The Morgan fingerprint density at radius 2 is 2.19 bits per heavy atom. The molecule has 2 heterocycles. The number of nitrogens with zero attached hydrogens (tertiary/aromatic N) is 1. The number of ether oxygens (including phenoxy) is 2. The van der Waals surface area contributed by atoms with E-state index in [0.29, 0.717) is 23.1 Å². The molecule has 0 radical (unpaired) electrons. The Kier molecular flexibility index (Phi) is 5.70. The van der Waals surface area contributed by atoms with Crippen LogP contribution in [0.5, 0.6) is 5.75 Å². The van der Waals surface area contributed by atoms with Crippen molar-refractivity contribution in [1.29, 1.82) is 0 Å². The van der Waals surface area contributed by atoms with Crippen molar-refractivity contribution >= 4 is 29.2 Å². The van der Waals surface area contributed by atoms with Gasteiger partial charge in [-0.25, -0.2) is 9.78 Å². The molecule has 0 saturated carbocycles. The minimum absolute atomic E-state index is 0.0348. The maximum atomic E-state index is 12.5. The fourth-order valence-electron chi connectivity index (χ4n) is 2.57. The number of carbonyl (C=O) groups is 2. The first-order chi connectivity index (χ1) is 12.5. The van der Waals surface area contributed by atoms with Crippen molar-refractivity contribution < 1.29 is 24.2 Å². The van der Waals surface area contributed by atoms with E-state index in [0.717, 1.165) is 19.4 Å². The number of rotatable bonds is 6. The van der Waals surface area contributed by atoms with E-state index in [9.17, 15) is 9.59 Å². The molecular weight excluding hydrogens is 360 g/mol. The van der Waals surface area contributed by atoms with Gasteiger partial charge in [-0.2, -0.15) is 0 Å². The van der Waals surface area contributed by atoms with Gasteiger partial charge < -0.3 is 19.9 Å². The van der Waals surface area contributed by atoms with Crippen LogP contribution in [0.15, 0.2) is 36.5 Å². The molecule has 1 saturated heterocycles. The van der Waals surface area contributed by atoms with Crippen molar-refractivity contribution in [3.63, 3.8) is 0 Å². The number of hydrogen-bond donors (Lipinski definition) is 2. The van der Waals surface area contributed by atoms with Crippen molar-refractivity contribution in [3.05, 3.63) is 52.8 Å². The average Bonchev–Trinajstić information content (AvgIpc) is 3.14. The molecule has 1 unspecified atom stereocenters. The van der Waals surface area contributed by atoms with Crippen molar-refractivity contribution in [2.45, 2.75) is 18.9 Å². The van der Waals surface area contributed by atoms with Crippen LogP contribution in [-0.2, 0) is 4.74 Å². The predicted molar refractivity (Wildman–Crippen MR) is 95.1 cm³/mol. The number of aromatic carboxylic acids is 1. The van der Waals surface area contributed by atoms with E-state index < -0.39 is 11.9 Å². The highest BCUT2D eigenvalue weighted by Crippen LogP contribution is 2.29. The molecule has 1 amide bonds. The molecule has 0 aliphatic carbocycles. The molecule has 1 aliphatic heterocycles. The summed E-state index contributed by atoms with van der Waals surface area (Å²) < 4.78 is 11.3. The van der Waals surface area contributed by atoms with Gasteiger partial charge in [0.2, 0.25) is 0 Å². The Morgan fingerprint density at radius 3 is 2.92 bits per heavy atom. The highest BCUT2D eigenvalue weighted by molar-refractivity contribution is 6.31.